The van der Waals surface area contributed by atoms with Crippen LogP contribution in [-0.2, 0) is 9.59 Å². The molecule has 0 unspecified atom stereocenters. The van der Waals surface area contributed by atoms with E-state index in [1.165, 1.54) is 6.42 Å². The fourth-order valence-corrected chi connectivity index (χ4v) is 2.05. The van der Waals surface area contributed by atoms with E-state index in [9.17, 15) is 9.59 Å². The molecule has 1 aliphatic rings. The molecule has 0 atom stereocenters. The van der Waals surface area contributed by atoms with Crippen LogP contribution in [0.5, 0.6) is 0 Å². The number of carbonyl (C=O) groups excluding carboxylic acids is 2. The summed E-state index contributed by atoms with van der Waals surface area (Å²) in [6.45, 7) is 2.68. The summed E-state index contributed by atoms with van der Waals surface area (Å²) in [5, 5.41) is 5.28. The third-order valence-corrected chi connectivity index (χ3v) is 3.01. The third kappa shape index (κ3) is 3.81. The molecule has 0 spiro atoms. The van der Waals surface area contributed by atoms with Crippen molar-refractivity contribution in [3.63, 3.8) is 0 Å². The van der Waals surface area contributed by atoms with Gasteiger partial charge in [0, 0.05) is 18.6 Å². The monoisotopic (exact) mass is 227 g/mol. The van der Waals surface area contributed by atoms with Crippen LogP contribution in [0.15, 0.2) is 0 Å². The van der Waals surface area contributed by atoms with Crippen molar-refractivity contribution in [2.24, 2.45) is 5.73 Å². The van der Waals surface area contributed by atoms with Crippen molar-refractivity contribution < 1.29 is 9.59 Å². The maximum atomic E-state index is 11.6. The SMILES string of the molecule is CC1(NC(=O)C(=O)NCCN)CCCCC1. The van der Waals surface area contributed by atoms with Gasteiger partial charge in [-0.2, -0.15) is 0 Å². The maximum absolute atomic E-state index is 11.6. The zero-order valence-corrected chi connectivity index (χ0v) is 9.84. The summed E-state index contributed by atoms with van der Waals surface area (Å²) in [7, 11) is 0. The van der Waals surface area contributed by atoms with Gasteiger partial charge in [0.2, 0.25) is 0 Å². The molecule has 0 saturated heterocycles. The molecular weight excluding hydrogens is 206 g/mol. The van der Waals surface area contributed by atoms with Crippen molar-refractivity contribution in [2.75, 3.05) is 13.1 Å². The molecule has 5 nitrogen and oxygen atoms in total. The van der Waals surface area contributed by atoms with Crippen molar-refractivity contribution in [3.05, 3.63) is 0 Å². The Labute approximate surface area is 96.1 Å². The summed E-state index contributed by atoms with van der Waals surface area (Å²) in [6, 6.07) is 0. The predicted octanol–water partition coefficient (Wildman–Crippen LogP) is -0.0997. The summed E-state index contributed by atoms with van der Waals surface area (Å²) in [6.07, 6.45) is 5.33. The van der Waals surface area contributed by atoms with Gasteiger partial charge in [0.1, 0.15) is 0 Å². The first-order valence-electron chi connectivity index (χ1n) is 5.88. The van der Waals surface area contributed by atoms with Crippen LogP contribution in [0.4, 0.5) is 0 Å². The van der Waals surface area contributed by atoms with E-state index >= 15 is 0 Å². The fraction of sp³-hybridized carbons (Fsp3) is 0.818. The van der Waals surface area contributed by atoms with E-state index in [2.05, 4.69) is 10.6 Å². The van der Waals surface area contributed by atoms with Gasteiger partial charge in [0.25, 0.3) is 0 Å². The van der Waals surface area contributed by atoms with Crippen LogP contribution in [-0.4, -0.2) is 30.4 Å². The number of rotatable bonds is 3. The van der Waals surface area contributed by atoms with Gasteiger partial charge in [-0.25, -0.2) is 0 Å². The fourth-order valence-electron chi connectivity index (χ4n) is 2.05. The molecule has 0 heterocycles. The van der Waals surface area contributed by atoms with Gasteiger partial charge in [-0.05, 0) is 19.8 Å². The Hall–Kier alpha value is -1.10. The largest absolute Gasteiger partial charge is 0.347 e. The first kappa shape index (κ1) is 13.0. The third-order valence-electron chi connectivity index (χ3n) is 3.01. The van der Waals surface area contributed by atoms with Crippen LogP contribution < -0.4 is 16.4 Å². The molecule has 1 rings (SSSR count). The Bertz CT molecular complexity index is 260. The molecule has 0 aromatic heterocycles. The lowest BCUT2D eigenvalue weighted by molar-refractivity contribution is -0.140. The molecule has 2 amide bonds. The molecule has 16 heavy (non-hydrogen) atoms. The second-order valence-electron chi connectivity index (χ2n) is 4.62. The summed E-state index contributed by atoms with van der Waals surface area (Å²) < 4.78 is 0. The lowest BCUT2D eigenvalue weighted by atomic mass is 9.83. The van der Waals surface area contributed by atoms with Gasteiger partial charge in [-0.3, -0.25) is 9.59 Å². The van der Waals surface area contributed by atoms with Gasteiger partial charge in [-0.1, -0.05) is 19.3 Å². The second-order valence-corrected chi connectivity index (χ2v) is 4.62. The van der Waals surface area contributed by atoms with Gasteiger partial charge >= 0.3 is 11.8 Å². The van der Waals surface area contributed by atoms with Gasteiger partial charge in [0.15, 0.2) is 0 Å². The number of nitrogens with one attached hydrogen (secondary N) is 2. The van der Waals surface area contributed by atoms with E-state index < -0.39 is 11.8 Å². The topological polar surface area (TPSA) is 84.2 Å². The number of carbonyl (C=O) groups is 2. The highest BCUT2D eigenvalue weighted by Gasteiger charge is 2.30. The molecule has 0 aromatic rings. The highest BCUT2D eigenvalue weighted by molar-refractivity contribution is 6.35. The van der Waals surface area contributed by atoms with Crippen LogP contribution in [0.3, 0.4) is 0 Å². The van der Waals surface area contributed by atoms with Crippen molar-refractivity contribution >= 4 is 11.8 Å². The highest BCUT2D eigenvalue weighted by Crippen LogP contribution is 2.27. The van der Waals surface area contributed by atoms with Crippen LogP contribution in [0.2, 0.25) is 0 Å². The Morgan fingerprint density at radius 3 is 2.38 bits per heavy atom. The standard InChI is InChI=1S/C11H21N3O2/c1-11(5-3-2-4-6-11)14-10(16)9(15)13-8-7-12/h2-8,12H2,1H3,(H,13,15)(H,14,16). The summed E-state index contributed by atoms with van der Waals surface area (Å²) in [5.74, 6) is -1.13. The second kappa shape index (κ2) is 5.84. The molecule has 5 heteroatoms. The minimum atomic E-state index is -0.586. The van der Waals surface area contributed by atoms with Crippen LogP contribution >= 0.6 is 0 Å². The number of amides is 2. The lowest BCUT2D eigenvalue weighted by Gasteiger charge is -2.34. The van der Waals surface area contributed by atoms with E-state index in [-0.39, 0.29) is 5.54 Å². The summed E-state index contributed by atoms with van der Waals surface area (Å²) in [4.78, 5) is 22.9. The molecule has 0 bridgehead atoms. The normalized spacial score (nSPS) is 18.9. The number of hydrogen-bond acceptors (Lipinski definition) is 3. The van der Waals surface area contributed by atoms with E-state index in [1.807, 2.05) is 6.92 Å². The van der Waals surface area contributed by atoms with Crippen molar-refractivity contribution in [2.45, 2.75) is 44.6 Å². The molecule has 0 aromatic carbocycles. The smallest absolute Gasteiger partial charge is 0.309 e. The Morgan fingerprint density at radius 1 is 1.19 bits per heavy atom. The molecule has 1 saturated carbocycles. The first-order valence-corrected chi connectivity index (χ1v) is 5.88. The Balaban J connectivity index is 2.40. The van der Waals surface area contributed by atoms with E-state index in [0.29, 0.717) is 13.1 Å². The first-order chi connectivity index (χ1) is 7.57. The van der Waals surface area contributed by atoms with Crippen molar-refractivity contribution in [1.82, 2.24) is 10.6 Å². The van der Waals surface area contributed by atoms with E-state index in [0.717, 1.165) is 25.7 Å². The molecule has 0 radical (unpaired) electrons. The number of hydrogen-bond donors (Lipinski definition) is 3. The zero-order valence-electron chi connectivity index (χ0n) is 9.84. The average Bonchev–Trinajstić information content (AvgIpc) is 2.26. The Kier molecular flexibility index (Phi) is 4.73. The maximum Gasteiger partial charge on any atom is 0.309 e. The molecular formula is C11H21N3O2. The van der Waals surface area contributed by atoms with Crippen LogP contribution in [0.25, 0.3) is 0 Å². The summed E-state index contributed by atoms with van der Waals surface area (Å²) in [5.41, 5.74) is 5.03. The van der Waals surface area contributed by atoms with Crippen molar-refractivity contribution in [3.8, 4) is 0 Å². The van der Waals surface area contributed by atoms with E-state index in [4.69, 9.17) is 5.73 Å². The van der Waals surface area contributed by atoms with Crippen molar-refractivity contribution in [1.29, 1.82) is 0 Å². The minimum absolute atomic E-state index is 0.213. The number of nitrogens with two attached hydrogens (primary N) is 1. The minimum Gasteiger partial charge on any atom is -0.347 e. The quantitative estimate of drug-likeness (QED) is 0.589. The highest BCUT2D eigenvalue weighted by atomic mass is 16.2. The molecule has 0 aliphatic heterocycles. The molecule has 1 aliphatic carbocycles. The molecule has 92 valence electrons. The van der Waals surface area contributed by atoms with Gasteiger partial charge in [-0.15, -0.1) is 0 Å². The predicted molar refractivity (Wildman–Crippen MR) is 61.7 cm³/mol. The lowest BCUT2D eigenvalue weighted by Crippen LogP contribution is -2.52. The molecule has 1 fully saturated rings. The zero-order chi connectivity index (χ0) is 12.0. The van der Waals surface area contributed by atoms with Gasteiger partial charge < -0.3 is 16.4 Å². The van der Waals surface area contributed by atoms with E-state index in [1.54, 1.807) is 0 Å². The summed E-state index contributed by atoms with van der Waals surface area (Å²) >= 11 is 0. The Morgan fingerprint density at radius 2 is 1.81 bits per heavy atom. The average molecular weight is 227 g/mol. The van der Waals surface area contributed by atoms with Gasteiger partial charge in [0.05, 0.1) is 0 Å². The van der Waals surface area contributed by atoms with Crippen LogP contribution in [0.1, 0.15) is 39.0 Å². The van der Waals surface area contributed by atoms with Crippen LogP contribution in [0, 0.1) is 0 Å². The molecule has 4 N–H and O–H groups in total.